The number of nitrogens with one attached hydrogen (secondary N) is 1. The SMILES string of the molecule is Cc1ccc(NC(=O)/C(C#N)=C/c2ccc(OCc3ccccc3C#N)cc2)cc1C. The quantitative estimate of drug-likeness (QED) is 0.444. The maximum absolute atomic E-state index is 12.5. The van der Waals surface area contributed by atoms with Gasteiger partial charge in [-0.2, -0.15) is 10.5 Å². The van der Waals surface area contributed by atoms with Crippen LogP contribution in [0.15, 0.2) is 72.3 Å². The van der Waals surface area contributed by atoms with Gasteiger partial charge in [-0.15, -0.1) is 0 Å². The third-order valence-electron chi connectivity index (χ3n) is 4.85. The summed E-state index contributed by atoms with van der Waals surface area (Å²) in [5.41, 5.74) is 4.95. The van der Waals surface area contributed by atoms with Crippen LogP contribution in [0.3, 0.4) is 0 Å². The van der Waals surface area contributed by atoms with Crippen molar-refractivity contribution < 1.29 is 9.53 Å². The molecular formula is C26H21N3O2. The van der Waals surface area contributed by atoms with Crippen molar-refractivity contribution in [2.75, 3.05) is 5.32 Å². The molecule has 0 fully saturated rings. The maximum Gasteiger partial charge on any atom is 0.266 e. The van der Waals surface area contributed by atoms with E-state index >= 15 is 0 Å². The van der Waals surface area contributed by atoms with Crippen LogP contribution in [-0.2, 0) is 11.4 Å². The van der Waals surface area contributed by atoms with Crippen LogP contribution in [-0.4, -0.2) is 5.91 Å². The first-order chi connectivity index (χ1) is 15.0. The van der Waals surface area contributed by atoms with Crippen molar-refractivity contribution in [1.82, 2.24) is 0 Å². The molecule has 0 aromatic heterocycles. The number of rotatable bonds is 6. The second kappa shape index (κ2) is 9.91. The lowest BCUT2D eigenvalue weighted by atomic mass is 10.1. The number of aryl methyl sites for hydroxylation is 2. The monoisotopic (exact) mass is 407 g/mol. The molecule has 3 rings (SSSR count). The summed E-state index contributed by atoms with van der Waals surface area (Å²) < 4.78 is 5.75. The summed E-state index contributed by atoms with van der Waals surface area (Å²) >= 11 is 0. The molecule has 0 saturated heterocycles. The van der Waals surface area contributed by atoms with Gasteiger partial charge in [-0.3, -0.25) is 4.79 Å². The number of carbonyl (C=O) groups is 1. The van der Waals surface area contributed by atoms with Crippen LogP contribution in [0.4, 0.5) is 5.69 Å². The molecule has 5 nitrogen and oxygen atoms in total. The van der Waals surface area contributed by atoms with Crippen molar-refractivity contribution >= 4 is 17.7 Å². The molecule has 1 amide bonds. The number of ether oxygens (including phenoxy) is 1. The van der Waals surface area contributed by atoms with Gasteiger partial charge in [-0.25, -0.2) is 0 Å². The van der Waals surface area contributed by atoms with Crippen molar-refractivity contribution in [3.63, 3.8) is 0 Å². The normalized spacial score (nSPS) is 10.6. The molecule has 0 heterocycles. The molecule has 0 spiro atoms. The number of nitrogens with zero attached hydrogens (tertiary/aromatic N) is 2. The van der Waals surface area contributed by atoms with E-state index in [4.69, 9.17) is 10.00 Å². The molecule has 0 radical (unpaired) electrons. The summed E-state index contributed by atoms with van der Waals surface area (Å²) in [6.07, 6.45) is 1.53. The second-order valence-corrected chi connectivity index (χ2v) is 7.05. The Balaban J connectivity index is 1.67. The van der Waals surface area contributed by atoms with E-state index in [-0.39, 0.29) is 12.2 Å². The van der Waals surface area contributed by atoms with Gasteiger partial charge in [0.15, 0.2) is 0 Å². The summed E-state index contributed by atoms with van der Waals surface area (Å²) in [4.78, 5) is 12.5. The fourth-order valence-electron chi connectivity index (χ4n) is 2.91. The highest BCUT2D eigenvalue weighted by atomic mass is 16.5. The summed E-state index contributed by atoms with van der Waals surface area (Å²) in [6, 6.07) is 24.0. The fraction of sp³-hybridized carbons (Fsp3) is 0.115. The average Bonchev–Trinajstić information content (AvgIpc) is 2.79. The Morgan fingerprint density at radius 1 is 1.00 bits per heavy atom. The average molecular weight is 407 g/mol. The number of anilines is 1. The van der Waals surface area contributed by atoms with E-state index in [1.807, 2.05) is 56.3 Å². The zero-order valence-electron chi connectivity index (χ0n) is 17.3. The Morgan fingerprint density at radius 2 is 1.74 bits per heavy atom. The van der Waals surface area contributed by atoms with Crippen molar-refractivity contribution in [2.45, 2.75) is 20.5 Å². The molecule has 0 atom stereocenters. The smallest absolute Gasteiger partial charge is 0.266 e. The molecule has 31 heavy (non-hydrogen) atoms. The second-order valence-electron chi connectivity index (χ2n) is 7.05. The molecular weight excluding hydrogens is 386 g/mol. The Hall–Kier alpha value is -4.35. The molecule has 0 bridgehead atoms. The van der Waals surface area contributed by atoms with Gasteiger partial charge in [-0.1, -0.05) is 36.4 Å². The van der Waals surface area contributed by atoms with Crippen LogP contribution in [0, 0.1) is 36.5 Å². The van der Waals surface area contributed by atoms with Gasteiger partial charge >= 0.3 is 0 Å². The molecule has 0 aliphatic heterocycles. The third kappa shape index (κ3) is 5.59. The van der Waals surface area contributed by atoms with Gasteiger partial charge in [0, 0.05) is 11.3 Å². The van der Waals surface area contributed by atoms with Crippen molar-refractivity contribution in [2.24, 2.45) is 0 Å². The van der Waals surface area contributed by atoms with Crippen LogP contribution in [0.2, 0.25) is 0 Å². The standard InChI is InChI=1S/C26H21N3O2/c1-18-7-10-24(13-19(18)2)29-26(30)23(16-28)14-20-8-11-25(12-9-20)31-17-22-6-4-3-5-21(22)15-27/h3-14H,17H2,1-2H3,(H,29,30)/b23-14+. The predicted molar refractivity (Wildman–Crippen MR) is 120 cm³/mol. The summed E-state index contributed by atoms with van der Waals surface area (Å²) in [7, 11) is 0. The molecule has 0 aliphatic carbocycles. The lowest BCUT2D eigenvalue weighted by molar-refractivity contribution is -0.112. The lowest BCUT2D eigenvalue weighted by Crippen LogP contribution is -2.13. The molecule has 3 aromatic carbocycles. The molecule has 152 valence electrons. The van der Waals surface area contributed by atoms with E-state index < -0.39 is 5.91 Å². The fourth-order valence-corrected chi connectivity index (χ4v) is 2.91. The first-order valence-corrected chi connectivity index (χ1v) is 9.71. The molecule has 0 unspecified atom stereocenters. The van der Waals surface area contributed by atoms with Crippen molar-refractivity contribution in [1.29, 1.82) is 10.5 Å². The van der Waals surface area contributed by atoms with E-state index in [0.29, 0.717) is 22.6 Å². The van der Waals surface area contributed by atoms with Gasteiger partial charge in [0.05, 0.1) is 11.6 Å². The summed E-state index contributed by atoms with van der Waals surface area (Å²) in [5.74, 6) is 0.169. The zero-order valence-corrected chi connectivity index (χ0v) is 17.3. The molecule has 1 N–H and O–H groups in total. The summed E-state index contributed by atoms with van der Waals surface area (Å²) in [6.45, 7) is 4.24. The van der Waals surface area contributed by atoms with Gasteiger partial charge in [-0.05, 0) is 66.9 Å². The highest BCUT2D eigenvalue weighted by molar-refractivity contribution is 6.09. The topological polar surface area (TPSA) is 85.9 Å². The molecule has 5 heteroatoms. The number of benzene rings is 3. The number of carbonyl (C=O) groups excluding carboxylic acids is 1. The molecule has 0 aliphatic rings. The van der Waals surface area contributed by atoms with Crippen LogP contribution in [0.5, 0.6) is 5.75 Å². The number of hydrogen-bond acceptors (Lipinski definition) is 4. The van der Waals surface area contributed by atoms with Crippen molar-refractivity contribution in [3.05, 3.63) is 100 Å². The van der Waals surface area contributed by atoms with Gasteiger partial charge in [0.2, 0.25) is 0 Å². The van der Waals surface area contributed by atoms with Crippen LogP contribution in [0.25, 0.3) is 6.08 Å². The van der Waals surface area contributed by atoms with E-state index in [1.165, 1.54) is 6.08 Å². The molecule has 3 aromatic rings. The Kier molecular flexibility index (Phi) is 6.83. The van der Waals surface area contributed by atoms with Gasteiger partial charge in [0.25, 0.3) is 5.91 Å². The Bertz CT molecular complexity index is 1210. The predicted octanol–water partition coefficient (Wildman–Crippen LogP) is 5.30. The van der Waals surface area contributed by atoms with Gasteiger partial charge in [0.1, 0.15) is 24.0 Å². The van der Waals surface area contributed by atoms with E-state index in [1.54, 1.807) is 30.3 Å². The first kappa shape index (κ1) is 21.4. The van der Waals surface area contributed by atoms with E-state index in [0.717, 1.165) is 16.7 Å². The number of hydrogen-bond donors (Lipinski definition) is 1. The first-order valence-electron chi connectivity index (χ1n) is 9.71. The Morgan fingerprint density at radius 3 is 2.42 bits per heavy atom. The highest BCUT2D eigenvalue weighted by Crippen LogP contribution is 2.19. The maximum atomic E-state index is 12.5. The minimum atomic E-state index is -0.459. The highest BCUT2D eigenvalue weighted by Gasteiger charge is 2.10. The van der Waals surface area contributed by atoms with Crippen LogP contribution < -0.4 is 10.1 Å². The Labute approximate surface area is 181 Å². The lowest BCUT2D eigenvalue weighted by Gasteiger charge is -2.08. The molecule has 0 saturated carbocycles. The third-order valence-corrected chi connectivity index (χ3v) is 4.85. The minimum Gasteiger partial charge on any atom is -0.489 e. The van der Waals surface area contributed by atoms with E-state index in [2.05, 4.69) is 11.4 Å². The largest absolute Gasteiger partial charge is 0.489 e. The number of nitriles is 2. The summed E-state index contributed by atoms with van der Waals surface area (Å²) in [5, 5.41) is 21.3. The minimum absolute atomic E-state index is 0.00911. The van der Waals surface area contributed by atoms with E-state index in [9.17, 15) is 10.1 Å². The van der Waals surface area contributed by atoms with Crippen LogP contribution in [0.1, 0.15) is 27.8 Å². The van der Waals surface area contributed by atoms with Crippen LogP contribution >= 0.6 is 0 Å². The van der Waals surface area contributed by atoms with Crippen molar-refractivity contribution in [3.8, 4) is 17.9 Å². The number of amides is 1. The zero-order chi connectivity index (χ0) is 22.2. The van der Waals surface area contributed by atoms with Gasteiger partial charge < -0.3 is 10.1 Å².